The number of phenols is 1. The van der Waals surface area contributed by atoms with Crippen molar-refractivity contribution < 1.29 is 9.90 Å². The van der Waals surface area contributed by atoms with Gasteiger partial charge in [0, 0.05) is 11.4 Å². The number of carbonyl (C=O) groups excluding carboxylic acids is 1. The quantitative estimate of drug-likeness (QED) is 0.677. The van der Waals surface area contributed by atoms with Gasteiger partial charge in [-0.2, -0.15) is 10.1 Å². The molecule has 4 rings (SSSR count). The summed E-state index contributed by atoms with van der Waals surface area (Å²) in [6.07, 6.45) is 1.43. The SMILES string of the molecule is CC1=C(C(=O)Nc2ccccc2)[C@@H](c2cccc(O)c2)n2ncnc2N1. The highest BCUT2D eigenvalue weighted by atomic mass is 16.3. The van der Waals surface area contributed by atoms with Crippen molar-refractivity contribution in [2.45, 2.75) is 13.0 Å². The molecule has 0 bridgehead atoms. The molecular formula is C19H17N5O2. The van der Waals surface area contributed by atoms with Crippen LogP contribution in [-0.4, -0.2) is 25.8 Å². The molecule has 3 aromatic rings. The Kier molecular flexibility index (Phi) is 3.89. The molecule has 2 aromatic carbocycles. The normalized spacial score (nSPS) is 16.0. The predicted octanol–water partition coefficient (Wildman–Crippen LogP) is 2.91. The maximum absolute atomic E-state index is 13.0. The van der Waals surface area contributed by atoms with Crippen molar-refractivity contribution in [3.05, 3.63) is 77.8 Å². The third kappa shape index (κ3) is 2.79. The van der Waals surface area contributed by atoms with Crippen LogP contribution in [-0.2, 0) is 4.79 Å². The van der Waals surface area contributed by atoms with Gasteiger partial charge >= 0.3 is 0 Å². The Labute approximate surface area is 150 Å². The van der Waals surface area contributed by atoms with Gasteiger partial charge in [0.15, 0.2) is 0 Å². The number of aromatic hydroxyl groups is 1. The van der Waals surface area contributed by atoms with Crippen LogP contribution in [0.4, 0.5) is 11.6 Å². The number of hydrogen-bond donors (Lipinski definition) is 3. The van der Waals surface area contributed by atoms with Crippen LogP contribution in [0.3, 0.4) is 0 Å². The van der Waals surface area contributed by atoms with Crippen molar-refractivity contribution in [2.24, 2.45) is 0 Å². The average molecular weight is 347 g/mol. The highest BCUT2D eigenvalue weighted by Gasteiger charge is 2.33. The number of anilines is 2. The largest absolute Gasteiger partial charge is 0.508 e. The molecule has 1 atom stereocenters. The highest BCUT2D eigenvalue weighted by molar-refractivity contribution is 6.06. The van der Waals surface area contributed by atoms with Gasteiger partial charge in [-0.15, -0.1) is 0 Å². The smallest absolute Gasteiger partial charge is 0.255 e. The first-order valence-electron chi connectivity index (χ1n) is 8.16. The zero-order valence-corrected chi connectivity index (χ0v) is 14.0. The van der Waals surface area contributed by atoms with E-state index in [0.717, 1.165) is 5.56 Å². The summed E-state index contributed by atoms with van der Waals surface area (Å²) in [7, 11) is 0. The second kappa shape index (κ2) is 6.36. The second-order valence-corrected chi connectivity index (χ2v) is 6.01. The summed E-state index contributed by atoms with van der Waals surface area (Å²) in [4.78, 5) is 17.2. The first-order chi connectivity index (χ1) is 12.6. The van der Waals surface area contributed by atoms with Gasteiger partial charge in [0.25, 0.3) is 5.91 Å². The summed E-state index contributed by atoms with van der Waals surface area (Å²) in [6, 6.07) is 15.6. The number of benzene rings is 2. The minimum Gasteiger partial charge on any atom is -0.508 e. The van der Waals surface area contributed by atoms with E-state index >= 15 is 0 Å². The molecule has 130 valence electrons. The topological polar surface area (TPSA) is 92.1 Å². The van der Waals surface area contributed by atoms with Crippen LogP contribution in [0.1, 0.15) is 18.5 Å². The lowest BCUT2D eigenvalue weighted by Crippen LogP contribution is -2.31. The van der Waals surface area contributed by atoms with E-state index in [2.05, 4.69) is 20.7 Å². The van der Waals surface area contributed by atoms with Gasteiger partial charge < -0.3 is 15.7 Å². The second-order valence-electron chi connectivity index (χ2n) is 6.01. The summed E-state index contributed by atoms with van der Waals surface area (Å²) in [5, 5.41) is 20.2. The Bertz CT molecular complexity index is 994. The van der Waals surface area contributed by atoms with Gasteiger partial charge in [0.2, 0.25) is 5.95 Å². The Balaban J connectivity index is 1.78. The molecule has 1 aromatic heterocycles. The van der Waals surface area contributed by atoms with Crippen LogP contribution < -0.4 is 10.6 Å². The molecule has 3 N–H and O–H groups in total. The van der Waals surface area contributed by atoms with Crippen molar-refractivity contribution in [2.75, 3.05) is 10.6 Å². The summed E-state index contributed by atoms with van der Waals surface area (Å²) in [6.45, 7) is 1.83. The van der Waals surface area contributed by atoms with Crippen LogP contribution in [0.2, 0.25) is 0 Å². The maximum atomic E-state index is 13.0. The predicted molar refractivity (Wildman–Crippen MR) is 97.7 cm³/mol. The monoisotopic (exact) mass is 347 g/mol. The highest BCUT2D eigenvalue weighted by Crippen LogP contribution is 2.36. The first-order valence-corrected chi connectivity index (χ1v) is 8.16. The van der Waals surface area contributed by atoms with Gasteiger partial charge in [-0.1, -0.05) is 30.3 Å². The fourth-order valence-electron chi connectivity index (χ4n) is 3.11. The number of hydrogen-bond acceptors (Lipinski definition) is 5. The molecule has 26 heavy (non-hydrogen) atoms. The molecule has 1 amide bonds. The summed E-state index contributed by atoms with van der Waals surface area (Å²) < 4.78 is 1.64. The van der Waals surface area contributed by atoms with E-state index in [1.54, 1.807) is 22.9 Å². The third-order valence-electron chi connectivity index (χ3n) is 4.26. The Hall–Kier alpha value is -3.61. The van der Waals surface area contributed by atoms with Crippen molar-refractivity contribution in [1.82, 2.24) is 14.8 Å². The number of allylic oxidation sites excluding steroid dienone is 1. The number of amides is 1. The molecule has 7 heteroatoms. The summed E-state index contributed by atoms with van der Waals surface area (Å²) in [5.41, 5.74) is 2.65. The molecule has 0 unspecified atom stereocenters. The molecule has 7 nitrogen and oxygen atoms in total. The van der Waals surface area contributed by atoms with Gasteiger partial charge in [-0.25, -0.2) is 4.68 Å². The molecule has 0 saturated heterocycles. The van der Waals surface area contributed by atoms with Gasteiger partial charge in [-0.3, -0.25) is 4.79 Å². The number of aromatic nitrogens is 3. The number of nitrogens with zero attached hydrogens (tertiary/aromatic N) is 3. The molecule has 0 aliphatic carbocycles. The van der Waals surface area contributed by atoms with E-state index in [1.807, 2.05) is 43.3 Å². The fraction of sp³-hybridized carbons (Fsp3) is 0.105. The minimum absolute atomic E-state index is 0.128. The lowest BCUT2D eigenvalue weighted by molar-refractivity contribution is -0.113. The zero-order chi connectivity index (χ0) is 18.1. The van der Waals surface area contributed by atoms with Crippen molar-refractivity contribution in [1.29, 1.82) is 0 Å². The van der Waals surface area contributed by atoms with E-state index in [-0.39, 0.29) is 11.7 Å². The average Bonchev–Trinajstić information content (AvgIpc) is 3.09. The molecule has 0 saturated carbocycles. The van der Waals surface area contributed by atoms with Gasteiger partial charge in [0.05, 0.1) is 5.57 Å². The zero-order valence-electron chi connectivity index (χ0n) is 14.0. The number of fused-ring (bicyclic) bond motifs is 1. The van der Waals surface area contributed by atoms with Gasteiger partial charge in [-0.05, 0) is 36.8 Å². The molecule has 2 heterocycles. The Morgan fingerprint density at radius 1 is 1.19 bits per heavy atom. The van der Waals surface area contributed by atoms with Crippen LogP contribution in [0.5, 0.6) is 5.75 Å². The fourth-order valence-corrected chi connectivity index (χ4v) is 3.11. The number of nitrogens with one attached hydrogen (secondary N) is 2. The van der Waals surface area contributed by atoms with Gasteiger partial charge in [0.1, 0.15) is 18.1 Å². The van der Waals surface area contributed by atoms with Crippen LogP contribution >= 0.6 is 0 Å². The van der Waals surface area contributed by atoms with Crippen molar-refractivity contribution >= 4 is 17.5 Å². The molecule has 0 spiro atoms. The summed E-state index contributed by atoms with van der Waals surface area (Å²) >= 11 is 0. The number of rotatable bonds is 3. The van der Waals surface area contributed by atoms with Crippen molar-refractivity contribution in [3.63, 3.8) is 0 Å². The molecule has 1 aliphatic rings. The third-order valence-corrected chi connectivity index (χ3v) is 4.26. The van der Waals surface area contributed by atoms with E-state index in [9.17, 15) is 9.90 Å². The summed E-state index contributed by atoms with van der Waals surface area (Å²) in [5.74, 6) is 0.436. The number of carbonyl (C=O) groups is 1. The lowest BCUT2D eigenvalue weighted by Gasteiger charge is -2.28. The van der Waals surface area contributed by atoms with Crippen LogP contribution in [0.25, 0.3) is 0 Å². The molecule has 0 fully saturated rings. The van der Waals surface area contributed by atoms with Crippen LogP contribution in [0.15, 0.2) is 72.2 Å². The number of phenolic OH excluding ortho intramolecular Hbond substituents is 1. The minimum atomic E-state index is -0.496. The standard InChI is InChI=1S/C19H17N5O2/c1-12-16(18(26)23-14-7-3-2-4-8-14)17(13-6-5-9-15(25)10-13)24-19(22-12)20-11-21-24/h2-11,17,25H,1H3,(H,23,26)(H,20,21,22)/t17-/m1/s1. The molecule has 1 aliphatic heterocycles. The Morgan fingerprint density at radius 3 is 2.77 bits per heavy atom. The maximum Gasteiger partial charge on any atom is 0.255 e. The lowest BCUT2D eigenvalue weighted by atomic mass is 9.95. The van der Waals surface area contributed by atoms with E-state index in [4.69, 9.17) is 0 Å². The number of para-hydroxylation sites is 1. The van der Waals surface area contributed by atoms with E-state index < -0.39 is 6.04 Å². The Morgan fingerprint density at radius 2 is 2.00 bits per heavy atom. The van der Waals surface area contributed by atoms with Crippen molar-refractivity contribution in [3.8, 4) is 5.75 Å². The molecule has 0 radical (unpaired) electrons. The van der Waals surface area contributed by atoms with E-state index in [0.29, 0.717) is 22.9 Å². The molecular weight excluding hydrogens is 330 g/mol. The first kappa shape index (κ1) is 15.9. The van der Waals surface area contributed by atoms with E-state index in [1.165, 1.54) is 6.33 Å². The van der Waals surface area contributed by atoms with Crippen LogP contribution in [0, 0.1) is 0 Å².